The molecule has 1 aliphatic heterocycles. The van der Waals surface area contributed by atoms with Crippen LogP contribution in [0.15, 0.2) is 53.5 Å². The van der Waals surface area contributed by atoms with Crippen LogP contribution in [0.4, 0.5) is 0 Å². The Morgan fingerprint density at radius 2 is 1.96 bits per heavy atom. The highest BCUT2D eigenvalue weighted by Gasteiger charge is 2.15. The lowest BCUT2D eigenvalue weighted by Crippen LogP contribution is -2.37. The van der Waals surface area contributed by atoms with Gasteiger partial charge in [-0.05, 0) is 42.5 Å². The van der Waals surface area contributed by atoms with Crippen LogP contribution in [-0.2, 0) is 16.0 Å². The number of nitrogens with zero attached hydrogens (tertiary/aromatic N) is 1. The van der Waals surface area contributed by atoms with Gasteiger partial charge in [0.15, 0.2) is 5.96 Å². The summed E-state index contributed by atoms with van der Waals surface area (Å²) in [7, 11) is 1.80. The SMILES string of the molecule is CN=C(NCCCOC1CCOC1)NCc1cccc(-c2cccc(C)c2)c1. The minimum Gasteiger partial charge on any atom is -0.379 e. The molecule has 0 radical (unpaired) electrons. The van der Waals surface area contributed by atoms with E-state index in [-0.39, 0.29) is 6.10 Å². The van der Waals surface area contributed by atoms with Crippen molar-refractivity contribution in [3.05, 3.63) is 59.7 Å². The second kappa shape index (κ2) is 10.8. The van der Waals surface area contributed by atoms with Crippen molar-refractivity contribution in [2.24, 2.45) is 4.99 Å². The van der Waals surface area contributed by atoms with E-state index in [1.54, 1.807) is 7.05 Å². The lowest BCUT2D eigenvalue weighted by molar-refractivity contribution is 0.0420. The van der Waals surface area contributed by atoms with Crippen molar-refractivity contribution in [1.29, 1.82) is 0 Å². The predicted octanol–water partition coefficient (Wildman–Crippen LogP) is 3.52. The fourth-order valence-corrected chi connectivity index (χ4v) is 3.27. The van der Waals surface area contributed by atoms with Gasteiger partial charge in [-0.25, -0.2) is 0 Å². The molecule has 0 aliphatic carbocycles. The Balaban J connectivity index is 1.42. The first kappa shape index (κ1) is 20.4. The third-order valence-electron chi connectivity index (χ3n) is 4.82. The maximum Gasteiger partial charge on any atom is 0.191 e. The van der Waals surface area contributed by atoms with E-state index in [9.17, 15) is 0 Å². The van der Waals surface area contributed by atoms with E-state index in [2.05, 4.69) is 71.1 Å². The van der Waals surface area contributed by atoms with Gasteiger partial charge in [-0.2, -0.15) is 0 Å². The Kier molecular flexibility index (Phi) is 7.88. The molecule has 2 aromatic carbocycles. The fourth-order valence-electron chi connectivity index (χ4n) is 3.27. The molecule has 2 aromatic rings. The van der Waals surface area contributed by atoms with Gasteiger partial charge in [-0.1, -0.05) is 48.0 Å². The summed E-state index contributed by atoms with van der Waals surface area (Å²) < 4.78 is 11.1. The molecule has 5 heteroatoms. The van der Waals surface area contributed by atoms with Crippen LogP contribution in [0.5, 0.6) is 0 Å². The topological polar surface area (TPSA) is 54.9 Å². The van der Waals surface area contributed by atoms with Crippen LogP contribution in [0.3, 0.4) is 0 Å². The fraction of sp³-hybridized carbons (Fsp3) is 0.435. The molecule has 1 saturated heterocycles. The molecule has 1 atom stereocenters. The molecule has 1 aliphatic rings. The molecule has 3 rings (SSSR count). The van der Waals surface area contributed by atoms with Crippen LogP contribution < -0.4 is 10.6 Å². The van der Waals surface area contributed by atoms with E-state index in [1.165, 1.54) is 22.3 Å². The van der Waals surface area contributed by atoms with E-state index in [0.29, 0.717) is 0 Å². The highest BCUT2D eigenvalue weighted by atomic mass is 16.5. The highest BCUT2D eigenvalue weighted by Crippen LogP contribution is 2.21. The number of nitrogens with one attached hydrogen (secondary N) is 2. The zero-order valence-corrected chi connectivity index (χ0v) is 16.9. The molecule has 0 bridgehead atoms. The summed E-state index contributed by atoms with van der Waals surface area (Å²) >= 11 is 0. The first-order chi connectivity index (χ1) is 13.7. The van der Waals surface area contributed by atoms with Gasteiger partial charge in [-0.15, -0.1) is 0 Å². The molecule has 0 amide bonds. The second-order valence-corrected chi connectivity index (χ2v) is 7.13. The van der Waals surface area contributed by atoms with Gasteiger partial charge < -0.3 is 20.1 Å². The Morgan fingerprint density at radius 3 is 2.71 bits per heavy atom. The van der Waals surface area contributed by atoms with E-state index in [0.717, 1.165) is 51.7 Å². The molecule has 1 unspecified atom stereocenters. The Labute approximate surface area is 168 Å². The van der Waals surface area contributed by atoms with Crippen molar-refractivity contribution < 1.29 is 9.47 Å². The third-order valence-corrected chi connectivity index (χ3v) is 4.82. The molecule has 1 fully saturated rings. The summed E-state index contributed by atoms with van der Waals surface area (Å²) in [4.78, 5) is 4.30. The van der Waals surface area contributed by atoms with Crippen molar-refractivity contribution in [3.63, 3.8) is 0 Å². The standard InChI is InChI=1S/C23H31N3O2/c1-18-6-3-8-20(14-18)21-9-4-7-19(15-21)16-26-23(24-2)25-11-5-12-28-22-10-13-27-17-22/h3-4,6-9,14-15,22H,5,10-13,16-17H2,1-2H3,(H2,24,25,26). The normalized spacial score (nSPS) is 16.9. The molecular formula is C23H31N3O2. The number of aryl methyl sites for hydroxylation is 1. The van der Waals surface area contributed by atoms with Gasteiger partial charge in [0.1, 0.15) is 0 Å². The quantitative estimate of drug-likeness (QED) is 0.417. The van der Waals surface area contributed by atoms with Gasteiger partial charge >= 0.3 is 0 Å². The number of rotatable bonds is 8. The molecule has 28 heavy (non-hydrogen) atoms. The largest absolute Gasteiger partial charge is 0.379 e. The maximum atomic E-state index is 5.79. The minimum absolute atomic E-state index is 0.276. The smallest absolute Gasteiger partial charge is 0.191 e. The summed E-state index contributed by atoms with van der Waals surface area (Å²) in [5.74, 6) is 0.810. The first-order valence-electron chi connectivity index (χ1n) is 10.0. The summed E-state index contributed by atoms with van der Waals surface area (Å²) in [5, 5.41) is 6.73. The Bertz CT molecular complexity index is 770. The Morgan fingerprint density at radius 1 is 1.14 bits per heavy atom. The molecular weight excluding hydrogens is 350 g/mol. The second-order valence-electron chi connectivity index (χ2n) is 7.13. The van der Waals surface area contributed by atoms with Gasteiger partial charge in [0.2, 0.25) is 0 Å². The predicted molar refractivity (Wildman–Crippen MR) is 115 cm³/mol. The van der Waals surface area contributed by atoms with Crippen LogP contribution in [0.25, 0.3) is 11.1 Å². The van der Waals surface area contributed by atoms with Crippen molar-refractivity contribution in [1.82, 2.24) is 10.6 Å². The number of guanidine groups is 1. The van der Waals surface area contributed by atoms with Crippen molar-refractivity contribution in [3.8, 4) is 11.1 Å². The average Bonchev–Trinajstić information content (AvgIpc) is 3.24. The number of aliphatic imine (C=N–C) groups is 1. The highest BCUT2D eigenvalue weighted by molar-refractivity contribution is 5.79. The number of hydrogen-bond donors (Lipinski definition) is 2. The minimum atomic E-state index is 0.276. The molecule has 2 N–H and O–H groups in total. The Hall–Kier alpha value is -2.37. The lowest BCUT2D eigenvalue weighted by atomic mass is 10.0. The summed E-state index contributed by atoms with van der Waals surface area (Å²) in [5.41, 5.74) is 4.98. The van der Waals surface area contributed by atoms with Gasteiger partial charge in [0.05, 0.1) is 12.7 Å². The van der Waals surface area contributed by atoms with Crippen molar-refractivity contribution in [2.45, 2.75) is 32.4 Å². The van der Waals surface area contributed by atoms with Crippen LogP contribution in [0.1, 0.15) is 24.0 Å². The van der Waals surface area contributed by atoms with Gasteiger partial charge in [0, 0.05) is 33.4 Å². The van der Waals surface area contributed by atoms with Crippen LogP contribution in [-0.4, -0.2) is 45.5 Å². The maximum absolute atomic E-state index is 5.79. The first-order valence-corrected chi connectivity index (χ1v) is 10.0. The van der Waals surface area contributed by atoms with Crippen molar-refractivity contribution >= 4 is 5.96 Å². The third kappa shape index (κ3) is 6.36. The summed E-state index contributed by atoms with van der Waals surface area (Å²) in [6, 6.07) is 17.2. The van der Waals surface area contributed by atoms with Crippen LogP contribution in [0, 0.1) is 6.92 Å². The van der Waals surface area contributed by atoms with E-state index < -0.39 is 0 Å². The average molecular weight is 382 g/mol. The molecule has 0 spiro atoms. The summed E-state index contributed by atoms with van der Waals surface area (Å²) in [6.07, 6.45) is 2.23. The van der Waals surface area contributed by atoms with Gasteiger partial charge in [0.25, 0.3) is 0 Å². The van der Waals surface area contributed by atoms with Crippen molar-refractivity contribution in [2.75, 3.05) is 33.4 Å². The van der Waals surface area contributed by atoms with E-state index in [1.807, 2.05) is 0 Å². The van der Waals surface area contributed by atoms with E-state index in [4.69, 9.17) is 9.47 Å². The monoisotopic (exact) mass is 381 g/mol. The van der Waals surface area contributed by atoms with Gasteiger partial charge in [-0.3, -0.25) is 4.99 Å². The van der Waals surface area contributed by atoms with Crippen LogP contribution >= 0.6 is 0 Å². The molecule has 0 saturated carbocycles. The molecule has 1 heterocycles. The molecule has 5 nitrogen and oxygen atoms in total. The van der Waals surface area contributed by atoms with Crippen LogP contribution in [0.2, 0.25) is 0 Å². The molecule has 150 valence electrons. The van der Waals surface area contributed by atoms with E-state index >= 15 is 0 Å². The molecule has 0 aromatic heterocycles. The number of benzene rings is 2. The zero-order valence-electron chi connectivity index (χ0n) is 16.9. The number of hydrogen-bond acceptors (Lipinski definition) is 3. The summed E-state index contributed by atoms with van der Waals surface area (Å²) in [6.45, 7) is 5.99. The zero-order chi connectivity index (χ0) is 19.6. The lowest BCUT2D eigenvalue weighted by Gasteiger charge is -2.14. The number of ether oxygens (including phenoxy) is 2.